The molecule has 0 unspecified atom stereocenters. The van der Waals surface area contributed by atoms with Gasteiger partial charge in [-0.3, -0.25) is 0 Å². The summed E-state index contributed by atoms with van der Waals surface area (Å²) in [7, 11) is 0. The van der Waals surface area contributed by atoms with E-state index < -0.39 is 0 Å². The third-order valence-electron chi connectivity index (χ3n) is 1.83. The van der Waals surface area contributed by atoms with E-state index >= 15 is 0 Å². The van der Waals surface area contributed by atoms with Crippen LogP contribution in [0, 0.1) is 0 Å². The van der Waals surface area contributed by atoms with Crippen molar-refractivity contribution in [1.29, 1.82) is 0 Å². The number of nitrogens with one attached hydrogen (secondary N) is 1. The van der Waals surface area contributed by atoms with Gasteiger partial charge in [0, 0.05) is 6.04 Å². The van der Waals surface area contributed by atoms with Crippen LogP contribution in [0.3, 0.4) is 0 Å². The highest BCUT2D eigenvalue weighted by Crippen LogP contribution is 2.29. The van der Waals surface area contributed by atoms with Gasteiger partial charge in [-0.05, 0) is 12.8 Å². The molecule has 1 heterocycles. The lowest BCUT2D eigenvalue weighted by atomic mass is 10.4. The first kappa shape index (κ1) is 8.37. The number of rotatable bonds is 2. The van der Waals surface area contributed by atoms with E-state index in [9.17, 15) is 0 Å². The lowest BCUT2D eigenvalue weighted by Crippen LogP contribution is -2.09. The fourth-order valence-corrected chi connectivity index (χ4v) is 1.17. The third kappa shape index (κ3) is 1.75. The molecule has 6 heteroatoms. The van der Waals surface area contributed by atoms with Crippen LogP contribution < -0.4 is 16.8 Å². The molecule has 5 N–H and O–H groups in total. The summed E-state index contributed by atoms with van der Waals surface area (Å²) in [5.41, 5.74) is 11.4. The number of hydrogen-bond acceptors (Lipinski definition) is 5. The minimum atomic E-state index is 0.141. The van der Waals surface area contributed by atoms with Gasteiger partial charge in [0.05, 0.1) is 0 Å². The van der Waals surface area contributed by atoms with Crippen molar-refractivity contribution in [3.8, 4) is 0 Å². The Kier molecular flexibility index (Phi) is 1.88. The summed E-state index contributed by atoms with van der Waals surface area (Å²) in [6.07, 6.45) is 2.28. The van der Waals surface area contributed by atoms with Gasteiger partial charge in [0.25, 0.3) is 0 Å². The van der Waals surface area contributed by atoms with Gasteiger partial charge in [-0.25, -0.2) is 0 Å². The largest absolute Gasteiger partial charge is 0.393 e. The van der Waals surface area contributed by atoms with Crippen molar-refractivity contribution in [2.24, 2.45) is 0 Å². The molecular formula is C7H10ClN5. The highest BCUT2D eigenvalue weighted by molar-refractivity contribution is 6.32. The lowest BCUT2D eigenvalue weighted by molar-refractivity contribution is 1.09. The predicted octanol–water partition coefficient (Wildman–Crippen LogP) is 0.869. The summed E-state index contributed by atoms with van der Waals surface area (Å²) >= 11 is 5.73. The third-order valence-corrected chi connectivity index (χ3v) is 2.12. The molecule has 0 radical (unpaired) electrons. The van der Waals surface area contributed by atoms with Crippen LogP contribution in [0.2, 0.25) is 5.15 Å². The second-order valence-corrected chi connectivity index (χ2v) is 3.41. The summed E-state index contributed by atoms with van der Waals surface area (Å²) < 4.78 is 0. The average Bonchev–Trinajstić information content (AvgIpc) is 2.83. The molecule has 0 amide bonds. The van der Waals surface area contributed by atoms with Gasteiger partial charge in [-0.2, -0.15) is 9.97 Å². The summed E-state index contributed by atoms with van der Waals surface area (Å²) in [6, 6.07) is 0.465. The van der Waals surface area contributed by atoms with E-state index in [0.717, 1.165) is 12.8 Å². The van der Waals surface area contributed by atoms with Crippen LogP contribution in [0.25, 0.3) is 0 Å². The number of nitrogens with two attached hydrogens (primary N) is 2. The number of aromatic nitrogens is 2. The topological polar surface area (TPSA) is 89.8 Å². The minimum Gasteiger partial charge on any atom is -0.393 e. The molecule has 0 saturated heterocycles. The van der Waals surface area contributed by atoms with E-state index in [4.69, 9.17) is 23.1 Å². The van der Waals surface area contributed by atoms with E-state index in [0.29, 0.717) is 17.5 Å². The fraction of sp³-hybridized carbons (Fsp3) is 0.429. The zero-order chi connectivity index (χ0) is 9.42. The second kappa shape index (κ2) is 2.92. The summed E-state index contributed by atoms with van der Waals surface area (Å²) in [5, 5.41) is 3.33. The van der Waals surface area contributed by atoms with E-state index in [1.807, 2.05) is 0 Å². The lowest BCUT2D eigenvalue weighted by Gasteiger charge is -2.07. The summed E-state index contributed by atoms with van der Waals surface area (Å²) in [4.78, 5) is 7.69. The molecule has 0 bridgehead atoms. The van der Waals surface area contributed by atoms with Crippen LogP contribution in [0.5, 0.6) is 0 Å². The first-order chi connectivity index (χ1) is 6.16. The molecule has 1 fully saturated rings. The molecule has 1 aliphatic carbocycles. The molecule has 1 saturated carbocycles. The smallest absolute Gasteiger partial charge is 0.223 e. The molecule has 1 aromatic heterocycles. The molecule has 70 valence electrons. The number of hydrogen-bond donors (Lipinski definition) is 3. The number of anilines is 3. The highest BCUT2D eigenvalue weighted by atomic mass is 35.5. The van der Waals surface area contributed by atoms with Gasteiger partial charge >= 0.3 is 0 Å². The monoisotopic (exact) mass is 199 g/mol. The van der Waals surface area contributed by atoms with E-state index in [1.165, 1.54) is 0 Å². The number of nitrogen functional groups attached to an aromatic ring is 2. The molecule has 0 aromatic carbocycles. The zero-order valence-electron chi connectivity index (χ0n) is 6.92. The molecule has 0 spiro atoms. The van der Waals surface area contributed by atoms with Gasteiger partial charge in [0.2, 0.25) is 5.95 Å². The van der Waals surface area contributed by atoms with Crippen LogP contribution in [-0.2, 0) is 0 Å². The Balaban J connectivity index is 2.30. The van der Waals surface area contributed by atoms with Crippen molar-refractivity contribution in [2.75, 3.05) is 16.8 Å². The van der Waals surface area contributed by atoms with Gasteiger partial charge in [-0.15, -0.1) is 0 Å². The minimum absolute atomic E-state index is 0.141. The van der Waals surface area contributed by atoms with Crippen LogP contribution in [0.15, 0.2) is 0 Å². The van der Waals surface area contributed by atoms with Crippen LogP contribution in [0.1, 0.15) is 12.8 Å². The summed E-state index contributed by atoms with van der Waals surface area (Å²) in [6.45, 7) is 0. The molecule has 2 rings (SSSR count). The van der Waals surface area contributed by atoms with E-state index in [1.54, 1.807) is 0 Å². The maximum atomic E-state index is 5.73. The average molecular weight is 200 g/mol. The molecule has 5 nitrogen and oxygen atoms in total. The molecule has 1 aliphatic rings. The van der Waals surface area contributed by atoms with Crippen molar-refractivity contribution in [3.05, 3.63) is 5.15 Å². The van der Waals surface area contributed by atoms with Crippen molar-refractivity contribution >= 4 is 29.1 Å². The Morgan fingerprint density at radius 2 is 2.00 bits per heavy atom. The second-order valence-electron chi connectivity index (χ2n) is 3.05. The van der Waals surface area contributed by atoms with Gasteiger partial charge < -0.3 is 16.8 Å². The van der Waals surface area contributed by atoms with Crippen LogP contribution in [0.4, 0.5) is 17.5 Å². The Labute approximate surface area is 80.5 Å². The molecule has 0 aliphatic heterocycles. The van der Waals surface area contributed by atoms with Gasteiger partial charge in [0.1, 0.15) is 5.69 Å². The van der Waals surface area contributed by atoms with Crippen LogP contribution >= 0.6 is 11.6 Å². The van der Waals surface area contributed by atoms with E-state index in [-0.39, 0.29) is 11.1 Å². The van der Waals surface area contributed by atoms with Gasteiger partial charge in [0.15, 0.2) is 11.0 Å². The normalized spacial score (nSPS) is 15.8. The first-order valence-electron chi connectivity index (χ1n) is 4.02. The van der Waals surface area contributed by atoms with Gasteiger partial charge in [-0.1, -0.05) is 11.6 Å². The van der Waals surface area contributed by atoms with Crippen molar-refractivity contribution in [1.82, 2.24) is 9.97 Å². The SMILES string of the molecule is Nc1nc(Cl)c(N)c(NC2CC2)n1. The van der Waals surface area contributed by atoms with E-state index in [2.05, 4.69) is 15.3 Å². The Morgan fingerprint density at radius 1 is 1.31 bits per heavy atom. The Morgan fingerprint density at radius 3 is 2.62 bits per heavy atom. The molecule has 13 heavy (non-hydrogen) atoms. The maximum Gasteiger partial charge on any atom is 0.223 e. The molecular weight excluding hydrogens is 190 g/mol. The van der Waals surface area contributed by atoms with Crippen molar-refractivity contribution in [2.45, 2.75) is 18.9 Å². The number of nitrogens with zero attached hydrogens (tertiary/aromatic N) is 2. The quantitative estimate of drug-likeness (QED) is 0.615. The Bertz CT molecular complexity index is 336. The summed E-state index contributed by atoms with van der Waals surface area (Å²) in [5.74, 6) is 0.683. The fourth-order valence-electron chi connectivity index (χ4n) is 0.989. The molecule has 0 atom stereocenters. The first-order valence-corrected chi connectivity index (χ1v) is 4.39. The zero-order valence-corrected chi connectivity index (χ0v) is 7.67. The molecule has 1 aromatic rings. The van der Waals surface area contributed by atoms with Crippen LogP contribution in [-0.4, -0.2) is 16.0 Å². The standard InChI is InChI=1S/C7H10ClN5/c8-5-4(9)6(11-3-1-2-3)13-7(10)12-5/h3H,1-2,9H2,(H3,10,11,12,13). The van der Waals surface area contributed by atoms with Crippen molar-refractivity contribution in [3.63, 3.8) is 0 Å². The number of halogens is 1. The predicted molar refractivity (Wildman–Crippen MR) is 52.5 cm³/mol. The maximum absolute atomic E-state index is 5.73. The van der Waals surface area contributed by atoms with Crippen molar-refractivity contribution < 1.29 is 0 Å². The highest BCUT2D eigenvalue weighted by Gasteiger charge is 2.23. The Hall–Kier alpha value is -1.23.